The molecule has 0 spiro atoms. The molecule has 29 heavy (non-hydrogen) atoms. The first-order chi connectivity index (χ1) is 14.1. The predicted octanol–water partition coefficient (Wildman–Crippen LogP) is 5.77. The molecule has 4 aromatic rings. The van der Waals surface area contributed by atoms with Crippen LogP contribution in [0.25, 0.3) is 5.69 Å². The van der Waals surface area contributed by atoms with Crippen LogP contribution in [0.1, 0.15) is 18.2 Å². The quantitative estimate of drug-likeness (QED) is 0.433. The third-order valence-electron chi connectivity index (χ3n) is 4.57. The van der Waals surface area contributed by atoms with Crippen molar-refractivity contribution in [2.45, 2.75) is 23.6 Å². The van der Waals surface area contributed by atoms with E-state index in [9.17, 15) is 4.79 Å². The molecule has 1 heterocycles. The van der Waals surface area contributed by atoms with Crippen LogP contribution in [0.15, 0.2) is 105 Å². The fourth-order valence-electron chi connectivity index (χ4n) is 3.22. The fourth-order valence-corrected chi connectivity index (χ4v) is 4.13. The highest BCUT2D eigenvalue weighted by Crippen LogP contribution is 2.35. The van der Waals surface area contributed by atoms with Gasteiger partial charge in [-0.25, -0.2) is 4.68 Å². The third kappa shape index (κ3) is 4.10. The number of hydrogen-bond acceptors (Lipinski definition) is 3. The van der Waals surface area contributed by atoms with E-state index in [0.29, 0.717) is 11.3 Å². The Morgan fingerprint density at radius 3 is 2.24 bits per heavy atom. The number of aromatic nitrogens is 2. The molecular formula is C24H21N3OS. The molecule has 144 valence electrons. The van der Waals surface area contributed by atoms with Gasteiger partial charge in [0.1, 0.15) is 0 Å². The zero-order valence-electron chi connectivity index (χ0n) is 16.3. The summed E-state index contributed by atoms with van der Waals surface area (Å²) in [7, 11) is 0. The Bertz CT molecular complexity index is 1210. The lowest BCUT2D eigenvalue weighted by Gasteiger charge is -2.06. The number of para-hydroxylation sites is 2. The largest absolute Gasteiger partial charge is 0.295 e. The van der Waals surface area contributed by atoms with Crippen LogP contribution in [0, 0.1) is 6.92 Å². The van der Waals surface area contributed by atoms with Crippen molar-refractivity contribution in [3.63, 3.8) is 0 Å². The van der Waals surface area contributed by atoms with Crippen LogP contribution in [-0.2, 0) is 0 Å². The van der Waals surface area contributed by atoms with Crippen LogP contribution in [0.3, 0.4) is 0 Å². The molecule has 5 heteroatoms. The molecule has 0 aliphatic rings. The number of benzene rings is 3. The summed E-state index contributed by atoms with van der Waals surface area (Å²) in [4.78, 5) is 20.1. The van der Waals surface area contributed by atoms with Gasteiger partial charge in [-0.1, -0.05) is 60.3 Å². The van der Waals surface area contributed by atoms with Crippen molar-refractivity contribution in [3.8, 4) is 5.69 Å². The summed E-state index contributed by atoms with van der Waals surface area (Å²) in [5.74, 6) is 0. The van der Waals surface area contributed by atoms with Crippen LogP contribution >= 0.6 is 11.8 Å². The molecule has 0 saturated heterocycles. The predicted molar refractivity (Wildman–Crippen MR) is 120 cm³/mol. The highest BCUT2D eigenvalue weighted by molar-refractivity contribution is 7.99. The summed E-state index contributed by atoms with van der Waals surface area (Å²) in [5.41, 5.74) is 3.66. The van der Waals surface area contributed by atoms with Gasteiger partial charge in [0, 0.05) is 15.5 Å². The Morgan fingerprint density at radius 1 is 0.897 bits per heavy atom. The van der Waals surface area contributed by atoms with Crippen LogP contribution in [-0.4, -0.2) is 15.5 Å². The van der Waals surface area contributed by atoms with Crippen molar-refractivity contribution < 1.29 is 0 Å². The number of hydrogen-bond donors (Lipinski definition) is 1. The Morgan fingerprint density at radius 2 is 1.52 bits per heavy atom. The smallest absolute Gasteiger partial charge is 0.280 e. The van der Waals surface area contributed by atoms with Crippen molar-refractivity contribution >= 4 is 23.2 Å². The average Bonchev–Trinajstić information content (AvgIpc) is 3.05. The maximum absolute atomic E-state index is 13.0. The molecule has 1 aromatic heterocycles. The minimum absolute atomic E-state index is 0.0943. The number of aromatic amines is 1. The molecule has 0 aliphatic heterocycles. The molecule has 0 atom stereocenters. The summed E-state index contributed by atoms with van der Waals surface area (Å²) in [6.45, 7) is 3.79. The second-order valence-electron chi connectivity index (χ2n) is 6.67. The Hall–Kier alpha value is -3.31. The summed E-state index contributed by atoms with van der Waals surface area (Å²) in [6.07, 6.45) is 0. The van der Waals surface area contributed by atoms with Gasteiger partial charge < -0.3 is 0 Å². The number of rotatable bonds is 5. The van der Waals surface area contributed by atoms with E-state index >= 15 is 0 Å². The highest BCUT2D eigenvalue weighted by atomic mass is 32.2. The van der Waals surface area contributed by atoms with E-state index in [1.807, 2.05) is 80.6 Å². The van der Waals surface area contributed by atoms with E-state index < -0.39 is 0 Å². The topological polar surface area (TPSA) is 50.1 Å². The maximum Gasteiger partial charge on any atom is 0.280 e. The van der Waals surface area contributed by atoms with Crippen molar-refractivity contribution in [1.82, 2.24) is 9.78 Å². The molecule has 0 amide bonds. The van der Waals surface area contributed by atoms with Gasteiger partial charge in [0.25, 0.3) is 5.56 Å². The summed E-state index contributed by atoms with van der Waals surface area (Å²) >= 11 is 1.66. The molecule has 0 fully saturated rings. The minimum atomic E-state index is -0.0943. The summed E-state index contributed by atoms with van der Waals surface area (Å²) in [6, 6.07) is 27.8. The lowest BCUT2D eigenvalue weighted by molar-refractivity contribution is 0.835. The zero-order chi connectivity index (χ0) is 20.2. The van der Waals surface area contributed by atoms with E-state index in [-0.39, 0.29) is 5.56 Å². The summed E-state index contributed by atoms with van der Waals surface area (Å²) in [5, 5.41) is 3.17. The Kier molecular flexibility index (Phi) is 5.49. The van der Waals surface area contributed by atoms with Crippen LogP contribution < -0.4 is 5.56 Å². The van der Waals surface area contributed by atoms with Crippen molar-refractivity contribution in [2.24, 2.45) is 4.99 Å². The number of H-pyrrole nitrogens is 1. The first-order valence-corrected chi connectivity index (χ1v) is 10.2. The lowest BCUT2D eigenvalue weighted by Crippen LogP contribution is -2.19. The average molecular weight is 400 g/mol. The van der Waals surface area contributed by atoms with Gasteiger partial charge in [0.05, 0.1) is 22.6 Å². The number of aryl methyl sites for hydroxylation is 1. The molecule has 0 saturated carbocycles. The molecular weight excluding hydrogens is 378 g/mol. The van der Waals surface area contributed by atoms with E-state index in [2.05, 4.69) is 23.3 Å². The Balaban J connectivity index is 1.72. The zero-order valence-corrected chi connectivity index (χ0v) is 17.1. The third-order valence-corrected chi connectivity index (χ3v) is 5.65. The monoisotopic (exact) mass is 399 g/mol. The van der Waals surface area contributed by atoms with E-state index in [0.717, 1.165) is 26.9 Å². The van der Waals surface area contributed by atoms with E-state index in [1.165, 1.54) is 0 Å². The summed E-state index contributed by atoms with van der Waals surface area (Å²) < 4.78 is 1.56. The SMILES string of the molecule is CC(=Nc1ccccc1Sc1ccccc1)c1c(C)[nH]n(-c2ccccc2)c1=O. The molecule has 1 N–H and O–H groups in total. The lowest BCUT2D eigenvalue weighted by atomic mass is 10.1. The second-order valence-corrected chi connectivity index (χ2v) is 7.78. The number of nitrogens with zero attached hydrogens (tertiary/aromatic N) is 2. The first kappa shape index (κ1) is 19.0. The maximum atomic E-state index is 13.0. The van der Waals surface area contributed by atoms with Gasteiger partial charge in [-0.2, -0.15) is 0 Å². The minimum Gasteiger partial charge on any atom is -0.295 e. The molecule has 4 rings (SSSR count). The standard InChI is InChI=1S/C24H21N3OS/c1-17(23-18(2)26-27(24(23)28)19-11-5-3-6-12-19)25-21-15-9-10-16-22(21)29-20-13-7-4-8-14-20/h3-16,26H,1-2H3. The Labute approximate surface area is 173 Å². The van der Waals surface area contributed by atoms with Crippen LogP contribution in [0.2, 0.25) is 0 Å². The fraction of sp³-hybridized carbons (Fsp3) is 0.0833. The molecule has 0 bridgehead atoms. The molecule has 0 unspecified atom stereocenters. The van der Waals surface area contributed by atoms with E-state index in [1.54, 1.807) is 16.4 Å². The van der Waals surface area contributed by atoms with Crippen LogP contribution in [0.4, 0.5) is 5.69 Å². The molecule has 4 nitrogen and oxygen atoms in total. The van der Waals surface area contributed by atoms with Gasteiger partial charge in [-0.05, 0) is 50.2 Å². The number of aliphatic imine (C=N–C) groups is 1. The van der Waals surface area contributed by atoms with Crippen LogP contribution in [0.5, 0.6) is 0 Å². The number of nitrogens with one attached hydrogen (secondary N) is 1. The highest BCUT2D eigenvalue weighted by Gasteiger charge is 2.15. The molecule has 0 aliphatic carbocycles. The molecule has 3 aromatic carbocycles. The van der Waals surface area contributed by atoms with Crippen molar-refractivity contribution in [3.05, 3.63) is 107 Å². The van der Waals surface area contributed by atoms with Crippen molar-refractivity contribution in [2.75, 3.05) is 0 Å². The normalized spacial score (nSPS) is 11.6. The van der Waals surface area contributed by atoms with Gasteiger partial charge in [-0.3, -0.25) is 14.9 Å². The second kappa shape index (κ2) is 8.37. The van der Waals surface area contributed by atoms with Gasteiger partial charge in [0.15, 0.2) is 0 Å². The first-order valence-electron chi connectivity index (χ1n) is 9.38. The van der Waals surface area contributed by atoms with Gasteiger partial charge in [-0.15, -0.1) is 0 Å². The van der Waals surface area contributed by atoms with Crippen molar-refractivity contribution in [1.29, 1.82) is 0 Å². The van der Waals surface area contributed by atoms with Gasteiger partial charge >= 0.3 is 0 Å². The van der Waals surface area contributed by atoms with E-state index in [4.69, 9.17) is 4.99 Å². The molecule has 0 radical (unpaired) electrons. The van der Waals surface area contributed by atoms with Gasteiger partial charge in [0.2, 0.25) is 0 Å².